The molecule has 0 radical (unpaired) electrons. The van der Waals surface area contributed by atoms with Crippen molar-refractivity contribution in [1.82, 2.24) is 0 Å². The van der Waals surface area contributed by atoms with E-state index in [9.17, 15) is 4.39 Å². The third-order valence-corrected chi connectivity index (χ3v) is 3.91. The molecule has 0 saturated heterocycles. The van der Waals surface area contributed by atoms with Crippen LogP contribution in [0.4, 0.5) is 4.39 Å². The van der Waals surface area contributed by atoms with Gasteiger partial charge in [-0.1, -0.05) is 39.0 Å². The lowest BCUT2D eigenvalue weighted by molar-refractivity contribution is 0.577. The summed E-state index contributed by atoms with van der Waals surface area (Å²) >= 11 is 0. The monoisotopic (exact) mass is 254 g/mol. The molecule has 0 atom stereocenters. The van der Waals surface area contributed by atoms with Gasteiger partial charge in [-0.2, -0.15) is 0 Å². The van der Waals surface area contributed by atoms with Gasteiger partial charge >= 0.3 is 0 Å². The van der Waals surface area contributed by atoms with E-state index in [-0.39, 0.29) is 11.2 Å². The van der Waals surface area contributed by atoms with Crippen LogP contribution in [0.1, 0.15) is 43.9 Å². The first-order valence-corrected chi connectivity index (χ1v) is 6.88. The third-order valence-electron chi connectivity index (χ3n) is 3.91. The predicted molar refractivity (Wildman–Crippen MR) is 80.0 cm³/mol. The summed E-state index contributed by atoms with van der Waals surface area (Å²) in [5, 5.41) is 1.76. The predicted octanol–water partition coefficient (Wildman–Crippen LogP) is 5.24. The summed E-state index contributed by atoms with van der Waals surface area (Å²) in [5.41, 5.74) is 3.53. The van der Waals surface area contributed by atoms with Crippen molar-refractivity contribution in [1.29, 1.82) is 0 Å². The second kappa shape index (κ2) is 4.19. The lowest BCUT2D eigenvalue weighted by atomic mass is 9.84. The SMILES string of the molecule is CC(C)(C)c1cc(F)c2cc3c(cc2c1)C=CCC3. The Morgan fingerprint density at radius 3 is 2.58 bits per heavy atom. The average molecular weight is 254 g/mol. The normalized spacial score (nSPS) is 14.7. The van der Waals surface area contributed by atoms with Gasteiger partial charge in [0.1, 0.15) is 5.82 Å². The zero-order valence-corrected chi connectivity index (χ0v) is 11.8. The summed E-state index contributed by atoms with van der Waals surface area (Å²) in [6, 6.07) is 7.96. The van der Waals surface area contributed by atoms with Gasteiger partial charge in [0.05, 0.1) is 0 Å². The summed E-state index contributed by atoms with van der Waals surface area (Å²) in [7, 11) is 0. The van der Waals surface area contributed by atoms with E-state index in [0.29, 0.717) is 0 Å². The summed E-state index contributed by atoms with van der Waals surface area (Å²) in [5.74, 6) is -0.0974. The Bertz CT molecular complexity index is 672. The van der Waals surface area contributed by atoms with Gasteiger partial charge in [-0.05, 0) is 58.5 Å². The maximum Gasteiger partial charge on any atom is 0.131 e. The molecular formula is C18H19F. The Kier molecular flexibility index (Phi) is 2.74. The topological polar surface area (TPSA) is 0 Å². The molecule has 0 saturated carbocycles. The second-order valence-corrected chi connectivity index (χ2v) is 6.42. The molecule has 0 amide bonds. The highest BCUT2D eigenvalue weighted by Gasteiger charge is 2.17. The fraction of sp³-hybridized carbons (Fsp3) is 0.333. The van der Waals surface area contributed by atoms with Gasteiger partial charge in [0, 0.05) is 5.39 Å². The molecule has 3 rings (SSSR count). The van der Waals surface area contributed by atoms with Crippen molar-refractivity contribution in [3.63, 3.8) is 0 Å². The molecule has 0 fully saturated rings. The van der Waals surface area contributed by atoms with Gasteiger partial charge in [-0.25, -0.2) is 4.39 Å². The zero-order chi connectivity index (χ0) is 13.6. The van der Waals surface area contributed by atoms with Crippen LogP contribution in [-0.2, 0) is 11.8 Å². The van der Waals surface area contributed by atoms with Crippen LogP contribution in [-0.4, -0.2) is 0 Å². The van der Waals surface area contributed by atoms with Gasteiger partial charge in [-0.15, -0.1) is 0 Å². The molecule has 0 spiro atoms. The number of rotatable bonds is 0. The van der Waals surface area contributed by atoms with Gasteiger partial charge in [0.25, 0.3) is 0 Å². The Morgan fingerprint density at radius 1 is 1.05 bits per heavy atom. The van der Waals surface area contributed by atoms with Crippen LogP contribution >= 0.6 is 0 Å². The summed E-state index contributed by atoms with van der Waals surface area (Å²) in [4.78, 5) is 0. The molecule has 0 nitrogen and oxygen atoms in total. The summed E-state index contributed by atoms with van der Waals surface area (Å²) in [6.45, 7) is 6.35. The standard InChI is InChI=1S/C18H19F/c1-18(2,3)15-9-14-8-12-6-4-5-7-13(12)10-16(14)17(19)11-15/h4,6,8-11H,5,7H2,1-3H3. The minimum atomic E-state index is -0.0974. The fourth-order valence-corrected chi connectivity index (χ4v) is 2.68. The van der Waals surface area contributed by atoms with E-state index in [4.69, 9.17) is 0 Å². The van der Waals surface area contributed by atoms with Crippen LogP contribution in [0, 0.1) is 5.82 Å². The maximum atomic E-state index is 14.3. The lowest BCUT2D eigenvalue weighted by Crippen LogP contribution is -2.11. The average Bonchev–Trinajstić information content (AvgIpc) is 2.35. The molecule has 0 aromatic heterocycles. The third kappa shape index (κ3) is 2.18. The van der Waals surface area contributed by atoms with E-state index in [1.54, 1.807) is 6.07 Å². The molecule has 1 aliphatic rings. The van der Waals surface area contributed by atoms with E-state index >= 15 is 0 Å². The highest BCUT2D eigenvalue weighted by Crippen LogP contribution is 2.31. The van der Waals surface area contributed by atoms with E-state index in [1.165, 1.54) is 11.1 Å². The van der Waals surface area contributed by atoms with Crippen molar-refractivity contribution < 1.29 is 4.39 Å². The van der Waals surface area contributed by atoms with E-state index in [2.05, 4.69) is 45.1 Å². The minimum Gasteiger partial charge on any atom is -0.206 e. The largest absolute Gasteiger partial charge is 0.206 e. The first-order chi connectivity index (χ1) is 8.95. The molecule has 98 valence electrons. The maximum absolute atomic E-state index is 14.3. The molecule has 1 aliphatic carbocycles. The first-order valence-electron chi connectivity index (χ1n) is 6.88. The smallest absolute Gasteiger partial charge is 0.131 e. The van der Waals surface area contributed by atoms with Crippen LogP contribution in [0.2, 0.25) is 0 Å². The zero-order valence-electron chi connectivity index (χ0n) is 11.8. The van der Waals surface area contributed by atoms with Crippen molar-refractivity contribution in [2.24, 2.45) is 0 Å². The highest BCUT2D eigenvalue weighted by atomic mass is 19.1. The van der Waals surface area contributed by atoms with Crippen LogP contribution in [0.25, 0.3) is 16.8 Å². The van der Waals surface area contributed by atoms with Gasteiger partial charge < -0.3 is 0 Å². The van der Waals surface area contributed by atoms with E-state index < -0.39 is 0 Å². The van der Waals surface area contributed by atoms with Crippen molar-refractivity contribution in [2.45, 2.75) is 39.0 Å². The molecular weight excluding hydrogens is 235 g/mol. The molecule has 0 aliphatic heterocycles. The number of benzene rings is 2. The number of halogens is 1. The Morgan fingerprint density at radius 2 is 1.84 bits per heavy atom. The molecule has 2 aromatic rings. The van der Waals surface area contributed by atoms with Crippen molar-refractivity contribution in [2.75, 3.05) is 0 Å². The van der Waals surface area contributed by atoms with Gasteiger partial charge in [0.2, 0.25) is 0 Å². The molecule has 2 aromatic carbocycles. The minimum absolute atomic E-state index is 0.0270. The summed E-state index contributed by atoms with van der Waals surface area (Å²) < 4.78 is 14.3. The molecule has 0 N–H and O–H groups in total. The van der Waals surface area contributed by atoms with E-state index in [1.807, 2.05) is 6.07 Å². The fourth-order valence-electron chi connectivity index (χ4n) is 2.68. The molecule has 19 heavy (non-hydrogen) atoms. The van der Waals surface area contributed by atoms with E-state index in [0.717, 1.165) is 29.2 Å². The molecule has 1 heteroatoms. The number of hydrogen-bond acceptors (Lipinski definition) is 0. The van der Waals surface area contributed by atoms with Gasteiger partial charge in [-0.3, -0.25) is 0 Å². The van der Waals surface area contributed by atoms with Crippen molar-refractivity contribution in [3.05, 3.63) is 52.8 Å². The Labute approximate surface area is 114 Å². The van der Waals surface area contributed by atoms with Crippen molar-refractivity contribution in [3.8, 4) is 0 Å². The number of allylic oxidation sites excluding steroid dienone is 1. The van der Waals surface area contributed by atoms with Crippen LogP contribution in [0.15, 0.2) is 30.3 Å². The lowest BCUT2D eigenvalue weighted by Gasteiger charge is -2.21. The van der Waals surface area contributed by atoms with Gasteiger partial charge in [0.15, 0.2) is 0 Å². The second-order valence-electron chi connectivity index (χ2n) is 6.42. The van der Waals surface area contributed by atoms with Crippen LogP contribution < -0.4 is 0 Å². The van der Waals surface area contributed by atoms with Crippen molar-refractivity contribution >= 4 is 16.8 Å². The Balaban J connectivity index is 2.28. The molecule has 0 bridgehead atoms. The van der Waals surface area contributed by atoms with Crippen LogP contribution in [0.5, 0.6) is 0 Å². The number of hydrogen-bond donors (Lipinski definition) is 0. The highest BCUT2D eigenvalue weighted by molar-refractivity contribution is 5.87. The number of aryl methyl sites for hydroxylation is 1. The summed E-state index contributed by atoms with van der Waals surface area (Å²) in [6.07, 6.45) is 6.42. The quantitative estimate of drug-likeness (QED) is 0.603. The Hall–Kier alpha value is -1.63. The first kappa shape index (κ1) is 12.4. The molecule has 0 heterocycles. The number of fused-ring (bicyclic) bond motifs is 2. The molecule has 0 unspecified atom stereocenters. The van der Waals surface area contributed by atoms with Crippen LogP contribution in [0.3, 0.4) is 0 Å².